The zero-order valence-corrected chi connectivity index (χ0v) is 28.0. The van der Waals surface area contributed by atoms with Gasteiger partial charge in [-0.1, -0.05) is 17.7 Å². The third-order valence-corrected chi connectivity index (χ3v) is 8.80. The molecule has 2 aliphatic rings. The molecule has 1 aliphatic carbocycles. The number of anilines is 2. The molecule has 1 saturated heterocycles. The Morgan fingerprint density at radius 2 is 1.77 bits per heavy atom. The van der Waals surface area contributed by atoms with Gasteiger partial charge in [-0.15, -0.1) is 10.2 Å². The zero-order chi connectivity index (χ0) is 32.9. The first kappa shape index (κ1) is 33.1. The van der Waals surface area contributed by atoms with Gasteiger partial charge in [0, 0.05) is 37.1 Å². The Morgan fingerprint density at radius 1 is 1.04 bits per heavy atom. The van der Waals surface area contributed by atoms with Gasteiger partial charge in [0.15, 0.2) is 0 Å². The van der Waals surface area contributed by atoms with Gasteiger partial charge in [-0.05, 0) is 81.5 Å². The number of morpholine rings is 1. The van der Waals surface area contributed by atoms with E-state index in [4.69, 9.17) is 30.9 Å². The van der Waals surface area contributed by atoms with Crippen LogP contribution in [-0.2, 0) is 11.3 Å². The first-order valence-corrected chi connectivity index (χ1v) is 16.6. The lowest BCUT2D eigenvalue weighted by Gasteiger charge is -2.42. The quantitative estimate of drug-likeness (QED) is 0.218. The number of aromatic nitrogens is 8. The van der Waals surface area contributed by atoms with Gasteiger partial charge < -0.3 is 24.6 Å². The van der Waals surface area contributed by atoms with Crippen LogP contribution >= 0.6 is 11.6 Å². The number of hydrogen-bond acceptors (Lipinski definition) is 12. The van der Waals surface area contributed by atoms with E-state index in [9.17, 15) is 5.11 Å². The predicted molar refractivity (Wildman–Crippen MR) is 176 cm³/mol. The molecule has 0 unspecified atom stereocenters. The number of nitrogens with zero attached hydrogens (tertiary/aromatic N) is 9. The zero-order valence-electron chi connectivity index (χ0n) is 27.2. The summed E-state index contributed by atoms with van der Waals surface area (Å²) < 4.78 is 21.5. The summed E-state index contributed by atoms with van der Waals surface area (Å²) in [4.78, 5) is 11.7. The summed E-state index contributed by atoms with van der Waals surface area (Å²) in [5.74, 6) is 1.35. The average Bonchev–Trinajstić information content (AvgIpc) is 3.71. The van der Waals surface area contributed by atoms with E-state index in [0.717, 1.165) is 49.9 Å². The normalized spacial score (nSPS) is 23.3. The van der Waals surface area contributed by atoms with Gasteiger partial charge >= 0.3 is 0 Å². The van der Waals surface area contributed by atoms with Gasteiger partial charge in [0.1, 0.15) is 30.5 Å². The minimum atomic E-state index is -0.631. The molecule has 15 heteroatoms. The number of aliphatic hydroxyl groups is 1. The van der Waals surface area contributed by atoms with Crippen molar-refractivity contribution < 1.29 is 19.3 Å². The minimum absolute atomic E-state index is 0.126. The molecular formula is C32H43ClN10O4. The molecule has 0 bridgehead atoms. The second kappa shape index (κ2) is 14.9. The summed E-state index contributed by atoms with van der Waals surface area (Å²) in [6, 6.07) is 6.37. The minimum Gasteiger partial charge on any atom is -0.487 e. The largest absolute Gasteiger partial charge is 0.487 e. The monoisotopic (exact) mass is 666 g/mol. The van der Waals surface area contributed by atoms with Crippen molar-refractivity contribution in [3.8, 4) is 22.8 Å². The molecule has 4 aromatic rings. The van der Waals surface area contributed by atoms with Gasteiger partial charge in [-0.2, -0.15) is 0 Å². The van der Waals surface area contributed by atoms with Crippen LogP contribution in [0.3, 0.4) is 0 Å². The highest BCUT2D eigenvalue weighted by atomic mass is 35.5. The summed E-state index contributed by atoms with van der Waals surface area (Å²) in [5.41, 5.74) is 2.30. The second-order valence-corrected chi connectivity index (χ2v) is 13.1. The summed E-state index contributed by atoms with van der Waals surface area (Å²) in [7, 11) is 0. The van der Waals surface area contributed by atoms with Crippen LogP contribution in [0.1, 0.15) is 59.4 Å². The Balaban J connectivity index is 1.11. The number of tetrazole rings is 1. The van der Waals surface area contributed by atoms with E-state index in [-0.39, 0.29) is 31.0 Å². The molecule has 3 aromatic heterocycles. The highest BCUT2D eigenvalue weighted by Crippen LogP contribution is 2.36. The number of rotatable bonds is 12. The maximum absolute atomic E-state index is 9.88. The second-order valence-electron chi connectivity index (χ2n) is 12.7. The fourth-order valence-corrected chi connectivity index (χ4v) is 6.54. The summed E-state index contributed by atoms with van der Waals surface area (Å²) in [6.07, 6.45) is 10.9. The van der Waals surface area contributed by atoms with E-state index in [1.807, 2.05) is 29.9 Å². The van der Waals surface area contributed by atoms with Gasteiger partial charge in [0.25, 0.3) is 5.88 Å². The van der Waals surface area contributed by atoms with E-state index in [2.05, 4.69) is 49.6 Å². The Labute approximate surface area is 279 Å². The van der Waals surface area contributed by atoms with Crippen molar-refractivity contribution in [2.45, 2.75) is 96.4 Å². The van der Waals surface area contributed by atoms with E-state index in [0.29, 0.717) is 40.9 Å². The standard InChI is InChI=1S/C32H43ClN10O4/c1-20(44)18-45-31-29(17-43(38-31)27-8-6-26(7-9-27)41-14-21(2)46-22(3)15-41)37-32-34-12-25(13-35-32)24-5-10-28(33)30(11-24)47-23(4)16-42-19-36-39-40-42/h5,10-13,17,19-23,26-27,44H,6-9,14-16,18H2,1-4H3,(H,34,35,37)/t20-,21-,22+,23+,26-,27-/m1/s1. The van der Waals surface area contributed by atoms with Crippen LogP contribution in [-0.4, -0.2) is 100 Å². The number of halogens is 1. The van der Waals surface area contributed by atoms with E-state index in [1.54, 1.807) is 30.1 Å². The van der Waals surface area contributed by atoms with Crippen LogP contribution in [0.5, 0.6) is 11.6 Å². The topological polar surface area (TPSA) is 150 Å². The molecule has 0 spiro atoms. The lowest BCUT2D eigenvalue weighted by Crippen LogP contribution is -2.51. The van der Waals surface area contributed by atoms with Crippen LogP contribution in [0, 0.1) is 0 Å². The third kappa shape index (κ3) is 8.55. The molecule has 4 heterocycles. The highest BCUT2D eigenvalue weighted by Gasteiger charge is 2.32. The summed E-state index contributed by atoms with van der Waals surface area (Å²) >= 11 is 6.44. The molecule has 6 rings (SSSR count). The highest BCUT2D eigenvalue weighted by molar-refractivity contribution is 6.32. The number of ether oxygens (including phenoxy) is 3. The maximum atomic E-state index is 9.88. The van der Waals surface area contributed by atoms with Crippen LogP contribution in [0.25, 0.3) is 11.1 Å². The number of hydrogen-bond donors (Lipinski definition) is 2. The van der Waals surface area contributed by atoms with Gasteiger partial charge in [-0.25, -0.2) is 14.6 Å². The van der Waals surface area contributed by atoms with E-state index >= 15 is 0 Å². The van der Waals surface area contributed by atoms with Crippen molar-refractivity contribution in [3.63, 3.8) is 0 Å². The van der Waals surface area contributed by atoms with Crippen LogP contribution in [0.4, 0.5) is 11.6 Å². The van der Waals surface area contributed by atoms with E-state index < -0.39 is 6.10 Å². The molecule has 1 saturated carbocycles. The smallest absolute Gasteiger partial charge is 0.257 e. The molecule has 1 aliphatic heterocycles. The van der Waals surface area contributed by atoms with Crippen molar-refractivity contribution in [1.29, 1.82) is 0 Å². The van der Waals surface area contributed by atoms with Crippen molar-refractivity contribution in [1.82, 2.24) is 44.9 Å². The Morgan fingerprint density at radius 3 is 2.45 bits per heavy atom. The summed E-state index contributed by atoms with van der Waals surface area (Å²) in [6.45, 7) is 10.5. The number of aliphatic hydroxyl groups excluding tert-OH is 1. The van der Waals surface area contributed by atoms with Crippen LogP contribution < -0.4 is 14.8 Å². The van der Waals surface area contributed by atoms with Crippen molar-refractivity contribution in [3.05, 3.63) is 48.1 Å². The van der Waals surface area contributed by atoms with Crippen molar-refractivity contribution >= 4 is 23.2 Å². The Kier molecular flexibility index (Phi) is 10.5. The van der Waals surface area contributed by atoms with Gasteiger partial charge in [0.05, 0.1) is 42.1 Å². The molecule has 2 N–H and O–H groups in total. The molecule has 252 valence electrons. The van der Waals surface area contributed by atoms with Gasteiger partial charge in [0.2, 0.25) is 5.95 Å². The molecular weight excluding hydrogens is 624 g/mol. The first-order chi connectivity index (χ1) is 22.7. The fourth-order valence-electron chi connectivity index (χ4n) is 6.37. The van der Waals surface area contributed by atoms with Crippen molar-refractivity contribution in [2.24, 2.45) is 0 Å². The molecule has 0 amide bonds. The molecule has 2 fully saturated rings. The van der Waals surface area contributed by atoms with Crippen LogP contribution in [0.15, 0.2) is 43.1 Å². The van der Waals surface area contributed by atoms with Crippen LogP contribution in [0.2, 0.25) is 5.02 Å². The lowest BCUT2D eigenvalue weighted by molar-refractivity contribution is -0.0852. The Bertz CT molecular complexity index is 1570. The predicted octanol–water partition coefficient (Wildman–Crippen LogP) is 4.54. The fraction of sp³-hybridized carbons (Fsp3) is 0.562. The SMILES string of the molecule is C[C@@H]1CN([C@H]2CC[C@H](n3cc(Nc4ncc(-c5ccc(Cl)c(O[C@@H](C)Cn6cnnn6)c5)cn4)c(OC[C@@H](C)O)n3)CC2)C[C@H](C)O1. The number of benzene rings is 1. The lowest BCUT2D eigenvalue weighted by atomic mass is 9.89. The summed E-state index contributed by atoms with van der Waals surface area (Å²) in [5, 5.41) is 29.6. The Hall–Kier alpha value is -3.85. The maximum Gasteiger partial charge on any atom is 0.257 e. The molecule has 4 atom stereocenters. The molecule has 1 aromatic carbocycles. The first-order valence-electron chi connectivity index (χ1n) is 16.3. The van der Waals surface area contributed by atoms with Crippen molar-refractivity contribution in [2.75, 3.05) is 25.0 Å². The number of nitrogens with one attached hydrogen (secondary N) is 1. The van der Waals surface area contributed by atoms with Gasteiger partial charge in [-0.3, -0.25) is 9.58 Å². The van der Waals surface area contributed by atoms with E-state index in [1.165, 1.54) is 6.33 Å². The third-order valence-electron chi connectivity index (χ3n) is 8.49. The molecule has 14 nitrogen and oxygen atoms in total. The molecule has 47 heavy (non-hydrogen) atoms. The average molecular weight is 667 g/mol. The molecule has 0 radical (unpaired) electrons.